The van der Waals surface area contributed by atoms with E-state index < -0.39 is 28.1 Å². The summed E-state index contributed by atoms with van der Waals surface area (Å²) >= 11 is 0. The Hall–Kier alpha value is -1.79. The Kier molecular flexibility index (Phi) is 2.36. The summed E-state index contributed by atoms with van der Waals surface area (Å²) in [6, 6.07) is -1.61. The Morgan fingerprint density at radius 3 is 2.46 bits per heavy atom. The van der Waals surface area contributed by atoms with Gasteiger partial charge in [-0.05, 0) is 6.08 Å². The number of hydrogen-bond acceptors (Lipinski definition) is 4. The Labute approximate surface area is 71.7 Å². The molecule has 0 heterocycles. The molecule has 0 aromatic rings. The highest BCUT2D eigenvalue weighted by Crippen LogP contribution is 2.22. The topological polar surface area (TPSA) is 86.3 Å². The van der Waals surface area contributed by atoms with Gasteiger partial charge in [0.15, 0.2) is 5.83 Å². The fraction of sp³-hybridized carbons (Fsp3) is 0.333. The smallest absolute Gasteiger partial charge is 0.264 e. The summed E-state index contributed by atoms with van der Waals surface area (Å²) in [5.74, 6) is -0.949. The summed E-state index contributed by atoms with van der Waals surface area (Å²) in [7, 11) is 0. The van der Waals surface area contributed by atoms with Crippen LogP contribution in [0.1, 0.15) is 6.42 Å². The number of allylic oxidation sites excluding steroid dienone is 2. The van der Waals surface area contributed by atoms with E-state index in [9.17, 15) is 24.6 Å². The normalized spacial score (nSPS) is 21.8. The van der Waals surface area contributed by atoms with E-state index in [2.05, 4.69) is 0 Å². The van der Waals surface area contributed by atoms with Gasteiger partial charge in [-0.3, -0.25) is 20.2 Å². The molecule has 0 saturated carbocycles. The lowest BCUT2D eigenvalue weighted by Crippen LogP contribution is -2.24. The lowest BCUT2D eigenvalue weighted by atomic mass is 10.1. The van der Waals surface area contributed by atoms with Gasteiger partial charge in [0.05, 0.1) is 4.92 Å². The zero-order chi connectivity index (χ0) is 10.0. The van der Waals surface area contributed by atoms with Crippen LogP contribution in [0.5, 0.6) is 0 Å². The maximum atomic E-state index is 12.7. The van der Waals surface area contributed by atoms with E-state index in [0.29, 0.717) is 0 Å². The van der Waals surface area contributed by atoms with Gasteiger partial charge >= 0.3 is 0 Å². The van der Waals surface area contributed by atoms with Crippen LogP contribution in [0.4, 0.5) is 4.39 Å². The maximum absolute atomic E-state index is 12.7. The molecule has 0 bridgehead atoms. The minimum absolute atomic E-state index is 0.344. The van der Waals surface area contributed by atoms with Gasteiger partial charge in [0.1, 0.15) is 6.42 Å². The standard InChI is InChI=1S/C6H5FN2O4/c7-5-2-1-4(8(10)11)3-6(5)9(12)13/h1-2,6H,3H2. The lowest BCUT2D eigenvalue weighted by Gasteiger charge is -2.08. The number of hydrogen-bond donors (Lipinski definition) is 0. The third-order valence-corrected chi connectivity index (χ3v) is 1.64. The van der Waals surface area contributed by atoms with Crippen molar-refractivity contribution in [2.75, 3.05) is 0 Å². The van der Waals surface area contributed by atoms with Crippen LogP contribution in [0.3, 0.4) is 0 Å². The van der Waals surface area contributed by atoms with E-state index in [-0.39, 0.29) is 5.70 Å². The first-order valence-electron chi connectivity index (χ1n) is 3.36. The first kappa shape index (κ1) is 9.30. The summed E-state index contributed by atoms with van der Waals surface area (Å²) in [5.41, 5.74) is -0.344. The van der Waals surface area contributed by atoms with Gasteiger partial charge in [0.25, 0.3) is 11.7 Å². The van der Waals surface area contributed by atoms with Crippen molar-refractivity contribution in [1.82, 2.24) is 0 Å². The highest BCUT2D eigenvalue weighted by atomic mass is 19.1. The Morgan fingerprint density at radius 2 is 2.00 bits per heavy atom. The summed E-state index contributed by atoms with van der Waals surface area (Å²) < 4.78 is 12.7. The minimum Gasteiger partial charge on any atom is -0.264 e. The molecule has 70 valence electrons. The molecule has 0 aliphatic heterocycles. The van der Waals surface area contributed by atoms with E-state index in [0.717, 1.165) is 12.2 Å². The van der Waals surface area contributed by atoms with Crippen molar-refractivity contribution in [3.05, 3.63) is 43.9 Å². The molecule has 0 aromatic carbocycles. The van der Waals surface area contributed by atoms with Crippen LogP contribution < -0.4 is 0 Å². The van der Waals surface area contributed by atoms with Gasteiger partial charge < -0.3 is 0 Å². The maximum Gasteiger partial charge on any atom is 0.273 e. The van der Waals surface area contributed by atoms with Crippen molar-refractivity contribution in [2.45, 2.75) is 12.5 Å². The minimum atomic E-state index is -1.61. The van der Waals surface area contributed by atoms with E-state index in [1.807, 2.05) is 0 Å². The van der Waals surface area contributed by atoms with Crippen LogP contribution in [-0.4, -0.2) is 15.9 Å². The van der Waals surface area contributed by atoms with Gasteiger partial charge in [-0.15, -0.1) is 0 Å². The molecular formula is C6H5FN2O4. The average Bonchev–Trinajstić information content (AvgIpc) is 2.04. The third-order valence-electron chi connectivity index (χ3n) is 1.64. The number of nitrogens with zero attached hydrogens (tertiary/aromatic N) is 2. The predicted octanol–water partition coefficient (Wildman–Crippen LogP) is 1.05. The molecule has 1 aliphatic carbocycles. The van der Waals surface area contributed by atoms with Gasteiger partial charge in [0.2, 0.25) is 0 Å². The first-order valence-corrected chi connectivity index (χ1v) is 3.36. The van der Waals surface area contributed by atoms with Crippen LogP contribution in [0, 0.1) is 20.2 Å². The van der Waals surface area contributed by atoms with Gasteiger partial charge in [-0.2, -0.15) is 0 Å². The van der Waals surface area contributed by atoms with Crippen molar-refractivity contribution >= 4 is 0 Å². The van der Waals surface area contributed by atoms with E-state index >= 15 is 0 Å². The van der Waals surface area contributed by atoms with Crippen molar-refractivity contribution in [1.29, 1.82) is 0 Å². The molecule has 6 nitrogen and oxygen atoms in total. The fourth-order valence-corrected chi connectivity index (χ4v) is 0.961. The van der Waals surface area contributed by atoms with Gasteiger partial charge in [0, 0.05) is 11.0 Å². The summed E-state index contributed by atoms with van der Waals surface area (Å²) in [6.07, 6.45) is 1.20. The van der Waals surface area contributed by atoms with Crippen LogP contribution in [-0.2, 0) is 0 Å². The van der Waals surface area contributed by atoms with Gasteiger partial charge in [-0.1, -0.05) is 0 Å². The zero-order valence-electron chi connectivity index (χ0n) is 6.34. The molecule has 0 fully saturated rings. The van der Waals surface area contributed by atoms with Crippen molar-refractivity contribution in [2.24, 2.45) is 0 Å². The van der Waals surface area contributed by atoms with Gasteiger partial charge in [-0.25, -0.2) is 4.39 Å². The summed E-state index contributed by atoms with van der Waals surface area (Å²) in [5, 5.41) is 20.4. The second-order valence-corrected chi connectivity index (χ2v) is 2.47. The Bertz CT molecular complexity index is 323. The van der Waals surface area contributed by atoms with Crippen molar-refractivity contribution in [3.8, 4) is 0 Å². The molecular weight excluding hydrogens is 183 g/mol. The molecule has 0 amide bonds. The van der Waals surface area contributed by atoms with Crippen molar-refractivity contribution < 1.29 is 14.2 Å². The molecule has 1 rings (SSSR count). The second kappa shape index (κ2) is 3.30. The molecule has 0 N–H and O–H groups in total. The van der Waals surface area contributed by atoms with E-state index in [1.54, 1.807) is 0 Å². The molecule has 0 saturated heterocycles. The van der Waals surface area contributed by atoms with E-state index in [1.165, 1.54) is 0 Å². The largest absolute Gasteiger partial charge is 0.273 e. The van der Waals surface area contributed by atoms with E-state index in [4.69, 9.17) is 0 Å². The highest BCUT2D eigenvalue weighted by Gasteiger charge is 2.34. The average molecular weight is 188 g/mol. The fourth-order valence-electron chi connectivity index (χ4n) is 0.961. The monoisotopic (exact) mass is 188 g/mol. The number of nitro groups is 2. The van der Waals surface area contributed by atoms with Crippen LogP contribution in [0.25, 0.3) is 0 Å². The quantitative estimate of drug-likeness (QED) is 0.478. The molecule has 1 atom stereocenters. The zero-order valence-corrected chi connectivity index (χ0v) is 6.34. The molecule has 1 unspecified atom stereocenters. The lowest BCUT2D eigenvalue weighted by molar-refractivity contribution is -0.523. The highest BCUT2D eigenvalue weighted by molar-refractivity contribution is 5.20. The molecule has 0 aromatic heterocycles. The molecule has 1 aliphatic rings. The van der Waals surface area contributed by atoms with Crippen LogP contribution >= 0.6 is 0 Å². The molecule has 7 heteroatoms. The third kappa shape index (κ3) is 1.86. The molecule has 0 spiro atoms. The summed E-state index contributed by atoms with van der Waals surface area (Å²) in [6.45, 7) is 0. The Balaban J connectivity index is 2.90. The molecule has 0 radical (unpaired) electrons. The first-order chi connectivity index (χ1) is 6.02. The number of rotatable bonds is 2. The Morgan fingerprint density at radius 1 is 1.38 bits per heavy atom. The van der Waals surface area contributed by atoms with Crippen LogP contribution in [0.2, 0.25) is 0 Å². The predicted molar refractivity (Wildman–Crippen MR) is 39.7 cm³/mol. The SMILES string of the molecule is O=[N+]([O-])C1=CC=C(F)C([N+](=O)[O-])C1. The number of halogens is 1. The van der Waals surface area contributed by atoms with Crippen LogP contribution in [0.15, 0.2) is 23.7 Å². The van der Waals surface area contributed by atoms with Crippen molar-refractivity contribution in [3.63, 3.8) is 0 Å². The molecule has 13 heavy (non-hydrogen) atoms. The second-order valence-electron chi connectivity index (χ2n) is 2.47. The summed E-state index contributed by atoms with van der Waals surface area (Å²) in [4.78, 5) is 18.8.